The zero-order chi connectivity index (χ0) is 14.7. The maximum atomic E-state index is 6.24. The van der Waals surface area contributed by atoms with Crippen LogP contribution in [0.2, 0.25) is 0 Å². The maximum Gasteiger partial charge on any atom is 0.269 e. The Balaban J connectivity index is 1.87. The number of nitrogens with zero attached hydrogens (tertiary/aromatic N) is 2. The summed E-state index contributed by atoms with van der Waals surface area (Å²) in [6.45, 7) is 0. The lowest BCUT2D eigenvalue weighted by Gasteiger charge is -2.00. The molecule has 4 nitrogen and oxygen atoms in total. The van der Waals surface area contributed by atoms with Gasteiger partial charge in [0.2, 0.25) is 5.82 Å². The van der Waals surface area contributed by atoms with Crippen LogP contribution in [0.5, 0.6) is 5.75 Å². The molecule has 21 heavy (non-hydrogen) atoms. The third kappa shape index (κ3) is 3.15. The molecule has 0 aliphatic heterocycles. The fourth-order valence-electron chi connectivity index (χ4n) is 1.77. The average Bonchev–Trinajstić information content (AvgIpc) is 3.18. The van der Waals surface area contributed by atoms with E-state index in [9.17, 15) is 0 Å². The van der Waals surface area contributed by atoms with Gasteiger partial charge in [-0.1, -0.05) is 28.9 Å². The molecule has 6 heteroatoms. The van der Waals surface area contributed by atoms with Gasteiger partial charge in [-0.2, -0.15) is 16.3 Å². The van der Waals surface area contributed by atoms with Crippen LogP contribution in [0.25, 0.3) is 22.5 Å². The van der Waals surface area contributed by atoms with Crippen molar-refractivity contribution in [1.82, 2.24) is 10.1 Å². The standard InChI is InChI=1S/C15H11ClN2O2S/c1-19-12-4-2-3-10(7-12)8-13(16)15-17-14(18-20-15)11-5-6-21-9-11/h2-9H,1H3/b13-8-. The van der Waals surface area contributed by atoms with E-state index < -0.39 is 0 Å². The average molecular weight is 319 g/mol. The molecule has 3 rings (SSSR count). The van der Waals surface area contributed by atoms with Gasteiger partial charge in [0, 0.05) is 10.9 Å². The van der Waals surface area contributed by atoms with Gasteiger partial charge >= 0.3 is 0 Å². The molecule has 2 heterocycles. The number of hydrogen-bond donors (Lipinski definition) is 0. The van der Waals surface area contributed by atoms with E-state index >= 15 is 0 Å². The molecule has 0 unspecified atom stereocenters. The van der Waals surface area contributed by atoms with Gasteiger partial charge in [-0.05, 0) is 35.2 Å². The number of benzene rings is 1. The van der Waals surface area contributed by atoms with Crippen molar-refractivity contribution in [3.8, 4) is 17.1 Å². The first-order valence-electron chi connectivity index (χ1n) is 6.14. The van der Waals surface area contributed by atoms with Crippen molar-refractivity contribution in [3.05, 3.63) is 52.5 Å². The molecule has 0 spiro atoms. The van der Waals surface area contributed by atoms with E-state index in [0.717, 1.165) is 16.9 Å². The smallest absolute Gasteiger partial charge is 0.269 e. The molecular formula is C15H11ClN2O2S. The van der Waals surface area contributed by atoms with Crippen molar-refractivity contribution in [2.75, 3.05) is 7.11 Å². The van der Waals surface area contributed by atoms with Crippen molar-refractivity contribution in [3.63, 3.8) is 0 Å². The van der Waals surface area contributed by atoms with Crippen LogP contribution in [-0.4, -0.2) is 17.3 Å². The molecule has 0 saturated heterocycles. The van der Waals surface area contributed by atoms with Gasteiger partial charge in [-0.25, -0.2) is 0 Å². The summed E-state index contributed by atoms with van der Waals surface area (Å²) < 4.78 is 10.4. The predicted octanol–water partition coefficient (Wildman–Crippen LogP) is 4.54. The van der Waals surface area contributed by atoms with E-state index in [4.69, 9.17) is 20.9 Å². The first-order chi connectivity index (χ1) is 10.3. The summed E-state index contributed by atoms with van der Waals surface area (Å²) in [7, 11) is 1.62. The maximum absolute atomic E-state index is 6.24. The molecule has 1 aromatic carbocycles. The minimum absolute atomic E-state index is 0.292. The Bertz CT molecular complexity index is 766. The third-order valence-corrected chi connectivity index (χ3v) is 3.75. The largest absolute Gasteiger partial charge is 0.497 e. The molecule has 0 radical (unpaired) electrons. The predicted molar refractivity (Wildman–Crippen MR) is 84.3 cm³/mol. The molecule has 2 aromatic heterocycles. The first-order valence-corrected chi connectivity index (χ1v) is 7.46. The second-order valence-corrected chi connectivity index (χ2v) is 5.39. The third-order valence-electron chi connectivity index (χ3n) is 2.80. The minimum Gasteiger partial charge on any atom is -0.497 e. The van der Waals surface area contributed by atoms with Gasteiger partial charge < -0.3 is 9.26 Å². The van der Waals surface area contributed by atoms with Crippen LogP contribution in [-0.2, 0) is 0 Å². The summed E-state index contributed by atoms with van der Waals surface area (Å²) in [5.41, 5.74) is 1.82. The number of hydrogen-bond acceptors (Lipinski definition) is 5. The van der Waals surface area contributed by atoms with Gasteiger partial charge in [0.25, 0.3) is 5.89 Å². The number of thiophene rings is 1. The summed E-state index contributed by atoms with van der Waals surface area (Å²) in [5, 5.41) is 8.22. The van der Waals surface area contributed by atoms with Crippen molar-refractivity contribution < 1.29 is 9.26 Å². The van der Waals surface area contributed by atoms with Crippen LogP contribution in [0.1, 0.15) is 11.5 Å². The van der Waals surface area contributed by atoms with E-state index in [1.807, 2.05) is 41.1 Å². The highest BCUT2D eigenvalue weighted by Gasteiger charge is 2.11. The highest BCUT2D eigenvalue weighted by atomic mass is 35.5. The highest BCUT2D eigenvalue weighted by molar-refractivity contribution is 7.08. The quantitative estimate of drug-likeness (QED) is 0.708. The first kappa shape index (κ1) is 13.9. The molecule has 0 bridgehead atoms. The summed E-state index contributed by atoms with van der Waals surface area (Å²) in [6, 6.07) is 9.48. The fraction of sp³-hybridized carbons (Fsp3) is 0.0667. The normalized spacial score (nSPS) is 11.6. The number of halogens is 1. The zero-order valence-corrected chi connectivity index (χ0v) is 12.7. The molecule has 0 aliphatic carbocycles. The van der Waals surface area contributed by atoms with Crippen LogP contribution < -0.4 is 4.74 Å². The molecule has 0 N–H and O–H groups in total. The Labute approximate surface area is 130 Å². The number of ether oxygens (including phenoxy) is 1. The van der Waals surface area contributed by atoms with E-state index in [2.05, 4.69) is 10.1 Å². The summed E-state index contributed by atoms with van der Waals surface area (Å²) in [4.78, 5) is 4.29. The fourth-order valence-corrected chi connectivity index (χ4v) is 2.61. The van der Waals surface area contributed by atoms with Crippen LogP contribution in [0.4, 0.5) is 0 Å². The lowest BCUT2D eigenvalue weighted by molar-refractivity contribution is 0.410. The molecule has 0 saturated carbocycles. The molecular weight excluding hydrogens is 308 g/mol. The topological polar surface area (TPSA) is 48.2 Å². The van der Waals surface area contributed by atoms with Gasteiger partial charge in [0.15, 0.2) is 0 Å². The lowest BCUT2D eigenvalue weighted by Crippen LogP contribution is -1.83. The lowest BCUT2D eigenvalue weighted by atomic mass is 10.2. The van der Waals surface area contributed by atoms with Gasteiger partial charge in [-0.3, -0.25) is 0 Å². The van der Waals surface area contributed by atoms with Crippen molar-refractivity contribution in [1.29, 1.82) is 0 Å². The van der Waals surface area contributed by atoms with Gasteiger partial charge in [-0.15, -0.1) is 0 Å². The Morgan fingerprint density at radius 3 is 3.05 bits per heavy atom. The van der Waals surface area contributed by atoms with Crippen LogP contribution in [0.15, 0.2) is 45.6 Å². The number of aromatic nitrogens is 2. The molecule has 0 atom stereocenters. The Hall–Kier alpha value is -2.11. The van der Waals surface area contributed by atoms with E-state index in [0.29, 0.717) is 16.7 Å². The van der Waals surface area contributed by atoms with Crippen LogP contribution in [0.3, 0.4) is 0 Å². The SMILES string of the molecule is COc1cccc(/C=C(\Cl)c2nc(-c3ccsc3)no2)c1. The van der Waals surface area contributed by atoms with Gasteiger partial charge in [0.05, 0.1) is 7.11 Å². The Morgan fingerprint density at radius 2 is 2.29 bits per heavy atom. The van der Waals surface area contributed by atoms with E-state index in [-0.39, 0.29) is 0 Å². The van der Waals surface area contributed by atoms with Crippen molar-refractivity contribution in [2.45, 2.75) is 0 Å². The summed E-state index contributed by atoms with van der Waals surface area (Å²) in [5.74, 6) is 1.59. The summed E-state index contributed by atoms with van der Waals surface area (Å²) >= 11 is 7.81. The number of methoxy groups -OCH3 is 1. The molecule has 0 aliphatic rings. The van der Waals surface area contributed by atoms with Crippen LogP contribution in [0, 0.1) is 0 Å². The second kappa shape index (κ2) is 6.11. The molecule has 0 fully saturated rings. The Kier molecular flexibility index (Phi) is 4.03. The number of rotatable bonds is 4. The molecule has 3 aromatic rings. The van der Waals surface area contributed by atoms with Gasteiger partial charge in [0.1, 0.15) is 10.8 Å². The van der Waals surface area contributed by atoms with Crippen molar-refractivity contribution >= 4 is 34.0 Å². The Morgan fingerprint density at radius 1 is 1.38 bits per heavy atom. The monoisotopic (exact) mass is 318 g/mol. The summed E-state index contributed by atoms with van der Waals surface area (Å²) in [6.07, 6.45) is 1.76. The second-order valence-electron chi connectivity index (χ2n) is 4.20. The zero-order valence-electron chi connectivity index (χ0n) is 11.1. The van der Waals surface area contributed by atoms with E-state index in [1.165, 1.54) is 0 Å². The molecule has 106 valence electrons. The minimum atomic E-state index is 0.292. The van der Waals surface area contributed by atoms with Crippen LogP contribution >= 0.6 is 22.9 Å². The highest BCUT2D eigenvalue weighted by Crippen LogP contribution is 2.25. The molecule has 0 amide bonds. The van der Waals surface area contributed by atoms with Crippen molar-refractivity contribution in [2.24, 2.45) is 0 Å². The van der Waals surface area contributed by atoms with E-state index in [1.54, 1.807) is 24.5 Å².